The molecule has 0 heterocycles. The van der Waals surface area contributed by atoms with Crippen LogP contribution in [0.3, 0.4) is 0 Å². The Kier molecular flexibility index (Phi) is 6.92. The Morgan fingerprint density at radius 3 is 2.33 bits per heavy atom. The van der Waals surface area contributed by atoms with E-state index in [1.807, 2.05) is 6.92 Å². The van der Waals surface area contributed by atoms with Gasteiger partial charge in [-0.05, 0) is 19.3 Å². The van der Waals surface area contributed by atoms with Crippen molar-refractivity contribution in [3.63, 3.8) is 0 Å². The van der Waals surface area contributed by atoms with Gasteiger partial charge in [0.1, 0.15) is 0 Å². The van der Waals surface area contributed by atoms with E-state index in [1.54, 1.807) is 0 Å². The van der Waals surface area contributed by atoms with Gasteiger partial charge in [-0.1, -0.05) is 20.3 Å². The first-order valence-corrected chi connectivity index (χ1v) is 5.29. The van der Waals surface area contributed by atoms with E-state index in [0.29, 0.717) is 5.92 Å². The van der Waals surface area contributed by atoms with Gasteiger partial charge in [-0.2, -0.15) is 0 Å². The zero-order chi connectivity index (χ0) is 11.9. The summed E-state index contributed by atoms with van der Waals surface area (Å²) in [6.45, 7) is 6.11. The second-order valence-corrected chi connectivity index (χ2v) is 3.90. The lowest BCUT2D eigenvalue weighted by atomic mass is 10.0. The van der Waals surface area contributed by atoms with E-state index in [-0.39, 0.29) is 19.2 Å². The molecular weight excluding hydrogens is 207 g/mol. The van der Waals surface area contributed by atoms with Crippen LogP contribution in [0.25, 0.3) is 0 Å². The molecule has 2 atom stereocenters. The molecule has 0 fully saturated rings. The largest absolute Gasteiger partial charge is 0.522 e. The quantitative estimate of drug-likeness (QED) is 0.675. The van der Waals surface area contributed by atoms with Crippen molar-refractivity contribution < 1.29 is 17.9 Å². The van der Waals surface area contributed by atoms with Crippen LogP contribution in [0.1, 0.15) is 33.6 Å². The highest BCUT2D eigenvalue weighted by Gasteiger charge is 2.28. The van der Waals surface area contributed by atoms with E-state index in [2.05, 4.69) is 23.9 Å². The third-order valence-electron chi connectivity index (χ3n) is 2.31. The molecule has 0 spiro atoms. The minimum Gasteiger partial charge on any atom is -0.312 e. The molecule has 5 heteroatoms. The molecule has 0 aromatic heterocycles. The van der Waals surface area contributed by atoms with Crippen LogP contribution in [0, 0.1) is 5.92 Å². The van der Waals surface area contributed by atoms with Gasteiger partial charge in [0.05, 0.1) is 6.61 Å². The minimum atomic E-state index is -4.51. The summed E-state index contributed by atoms with van der Waals surface area (Å²) in [4.78, 5) is 0. The summed E-state index contributed by atoms with van der Waals surface area (Å²) in [5.74, 6) is 0.594. The Morgan fingerprint density at radius 2 is 1.87 bits per heavy atom. The molecule has 0 radical (unpaired) electrons. The molecule has 0 aromatic carbocycles. The third kappa shape index (κ3) is 10.0. The number of hydrogen-bond donors (Lipinski definition) is 1. The Labute approximate surface area is 89.2 Å². The van der Waals surface area contributed by atoms with Crippen molar-refractivity contribution in [3.8, 4) is 0 Å². The van der Waals surface area contributed by atoms with E-state index in [0.717, 1.165) is 12.8 Å². The van der Waals surface area contributed by atoms with Gasteiger partial charge in [0.2, 0.25) is 0 Å². The fraction of sp³-hybridized carbons (Fsp3) is 1.00. The Morgan fingerprint density at radius 1 is 1.27 bits per heavy atom. The average Bonchev–Trinajstić information content (AvgIpc) is 2.11. The maximum atomic E-state index is 11.6. The summed E-state index contributed by atoms with van der Waals surface area (Å²) in [6, 6.07) is 0.233. The van der Waals surface area contributed by atoms with Crippen LogP contribution in [-0.4, -0.2) is 25.6 Å². The third-order valence-corrected chi connectivity index (χ3v) is 2.31. The molecule has 0 amide bonds. The van der Waals surface area contributed by atoms with Crippen LogP contribution in [0.5, 0.6) is 0 Å². The number of hydrogen-bond acceptors (Lipinski definition) is 2. The van der Waals surface area contributed by atoms with Crippen molar-refractivity contribution >= 4 is 0 Å². The summed E-state index contributed by atoms with van der Waals surface area (Å²) in [7, 11) is 0. The molecule has 92 valence electrons. The number of rotatable bonds is 7. The van der Waals surface area contributed by atoms with Crippen LogP contribution >= 0.6 is 0 Å². The first-order chi connectivity index (χ1) is 6.85. The predicted molar refractivity (Wildman–Crippen MR) is 53.5 cm³/mol. The molecule has 0 saturated carbocycles. The first kappa shape index (κ1) is 14.7. The fourth-order valence-corrected chi connectivity index (χ4v) is 1.33. The molecule has 0 aliphatic rings. The number of alkyl halides is 3. The minimum absolute atomic E-state index is 0.233. The molecule has 0 aromatic rings. The van der Waals surface area contributed by atoms with Gasteiger partial charge >= 0.3 is 6.36 Å². The van der Waals surface area contributed by atoms with Crippen molar-refractivity contribution in [3.05, 3.63) is 0 Å². The normalized spacial score (nSPS) is 16.4. The zero-order valence-electron chi connectivity index (χ0n) is 9.53. The predicted octanol–water partition coefficient (Wildman–Crippen LogP) is 2.94. The van der Waals surface area contributed by atoms with E-state index in [4.69, 9.17) is 0 Å². The molecule has 0 rings (SSSR count). The smallest absolute Gasteiger partial charge is 0.312 e. The van der Waals surface area contributed by atoms with Crippen molar-refractivity contribution in [2.24, 2.45) is 5.92 Å². The van der Waals surface area contributed by atoms with Gasteiger partial charge < -0.3 is 5.32 Å². The maximum absolute atomic E-state index is 11.6. The topological polar surface area (TPSA) is 21.3 Å². The van der Waals surface area contributed by atoms with Crippen LogP contribution in [-0.2, 0) is 4.74 Å². The van der Waals surface area contributed by atoms with Gasteiger partial charge in [0.25, 0.3) is 0 Å². The van der Waals surface area contributed by atoms with Crippen LogP contribution in [0.4, 0.5) is 13.2 Å². The molecule has 0 aliphatic heterocycles. The standard InChI is InChI=1S/C10H20F3NO/c1-4-8(2)7-9(3)14-5-6-15-10(11,12)13/h8-9,14H,4-7H2,1-3H3. The van der Waals surface area contributed by atoms with E-state index < -0.39 is 6.36 Å². The molecule has 0 saturated heterocycles. The van der Waals surface area contributed by atoms with Crippen molar-refractivity contribution in [2.75, 3.05) is 13.2 Å². The van der Waals surface area contributed by atoms with Gasteiger partial charge in [-0.25, -0.2) is 0 Å². The van der Waals surface area contributed by atoms with E-state index in [9.17, 15) is 13.2 Å². The number of halogens is 3. The molecule has 2 unspecified atom stereocenters. The Balaban J connectivity index is 3.43. The lowest BCUT2D eigenvalue weighted by Gasteiger charge is -2.17. The van der Waals surface area contributed by atoms with Crippen LogP contribution in [0.2, 0.25) is 0 Å². The average molecular weight is 227 g/mol. The highest BCUT2D eigenvalue weighted by atomic mass is 19.4. The number of nitrogens with one attached hydrogen (secondary N) is 1. The Bertz CT molecular complexity index is 161. The van der Waals surface area contributed by atoms with E-state index >= 15 is 0 Å². The molecule has 15 heavy (non-hydrogen) atoms. The molecule has 1 N–H and O–H groups in total. The lowest BCUT2D eigenvalue weighted by molar-refractivity contribution is -0.323. The molecule has 2 nitrogen and oxygen atoms in total. The van der Waals surface area contributed by atoms with Crippen molar-refractivity contribution in [2.45, 2.75) is 46.0 Å². The van der Waals surface area contributed by atoms with Gasteiger partial charge in [0.15, 0.2) is 0 Å². The zero-order valence-corrected chi connectivity index (χ0v) is 9.53. The van der Waals surface area contributed by atoms with Crippen molar-refractivity contribution in [1.29, 1.82) is 0 Å². The highest BCUT2D eigenvalue weighted by molar-refractivity contribution is 4.63. The molecule has 0 bridgehead atoms. The number of ether oxygens (including phenoxy) is 1. The maximum Gasteiger partial charge on any atom is 0.522 e. The monoisotopic (exact) mass is 227 g/mol. The van der Waals surface area contributed by atoms with Crippen molar-refractivity contribution in [1.82, 2.24) is 5.32 Å². The first-order valence-electron chi connectivity index (χ1n) is 5.29. The van der Waals surface area contributed by atoms with Gasteiger partial charge in [0, 0.05) is 12.6 Å². The molecule has 0 aliphatic carbocycles. The van der Waals surface area contributed by atoms with Gasteiger partial charge in [-0.3, -0.25) is 4.74 Å². The second-order valence-electron chi connectivity index (χ2n) is 3.90. The molecular formula is C10H20F3NO. The highest BCUT2D eigenvalue weighted by Crippen LogP contribution is 2.15. The summed E-state index contributed by atoms with van der Waals surface area (Å²) in [6.07, 6.45) is -2.45. The summed E-state index contributed by atoms with van der Waals surface area (Å²) in [5, 5.41) is 3.00. The summed E-state index contributed by atoms with van der Waals surface area (Å²) in [5.41, 5.74) is 0. The van der Waals surface area contributed by atoms with Crippen LogP contribution < -0.4 is 5.32 Å². The van der Waals surface area contributed by atoms with E-state index in [1.165, 1.54) is 0 Å². The summed E-state index contributed by atoms with van der Waals surface area (Å²) >= 11 is 0. The SMILES string of the molecule is CCC(C)CC(C)NCCOC(F)(F)F. The van der Waals surface area contributed by atoms with Gasteiger partial charge in [-0.15, -0.1) is 13.2 Å². The lowest BCUT2D eigenvalue weighted by Crippen LogP contribution is -2.32. The summed E-state index contributed by atoms with van der Waals surface area (Å²) < 4.78 is 38.4. The Hall–Kier alpha value is -0.290. The second kappa shape index (κ2) is 7.06. The fourth-order valence-electron chi connectivity index (χ4n) is 1.33. The van der Waals surface area contributed by atoms with Crippen LogP contribution in [0.15, 0.2) is 0 Å².